The Bertz CT molecular complexity index is 184. The Labute approximate surface area is 65.7 Å². The lowest BCUT2D eigenvalue weighted by atomic mass is 10.1. The zero-order chi connectivity index (χ0) is 8.27. The normalized spacial score (nSPS) is 23.3. The molecule has 0 saturated carbocycles. The molecule has 0 aliphatic carbocycles. The lowest BCUT2D eigenvalue weighted by molar-refractivity contribution is -0.151. The zero-order valence-electron chi connectivity index (χ0n) is 6.54. The van der Waals surface area contributed by atoms with Crippen molar-refractivity contribution in [3.05, 3.63) is 11.6 Å². The van der Waals surface area contributed by atoms with Gasteiger partial charge in [-0.25, -0.2) is 4.79 Å². The fourth-order valence-corrected chi connectivity index (χ4v) is 1.01. The number of aliphatic hydroxyl groups excluding tert-OH is 1. The highest BCUT2D eigenvalue weighted by Crippen LogP contribution is 2.17. The lowest BCUT2D eigenvalue weighted by Crippen LogP contribution is -2.06. The third-order valence-electron chi connectivity index (χ3n) is 1.63. The summed E-state index contributed by atoms with van der Waals surface area (Å²) in [7, 11) is 0. The molecule has 1 atom stereocenters. The SMILES string of the molecule is CCCCC1=CC(O)OC1=O. The van der Waals surface area contributed by atoms with E-state index in [1.54, 1.807) is 0 Å². The van der Waals surface area contributed by atoms with Crippen LogP contribution >= 0.6 is 0 Å². The third-order valence-corrected chi connectivity index (χ3v) is 1.63. The molecule has 1 heterocycles. The largest absolute Gasteiger partial charge is 0.429 e. The van der Waals surface area contributed by atoms with Crippen molar-refractivity contribution in [2.24, 2.45) is 0 Å². The van der Waals surface area contributed by atoms with Gasteiger partial charge in [-0.15, -0.1) is 0 Å². The van der Waals surface area contributed by atoms with Gasteiger partial charge < -0.3 is 9.84 Å². The molecule has 1 aliphatic heterocycles. The van der Waals surface area contributed by atoms with Crippen LogP contribution in [0.5, 0.6) is 0 Å². The Kier molecular flexibility index (Phi) is 2.65. The molecule has 1 unspecified atom stereocenters. The van der Waals surface area contributed by atoms with Crippen molar-refractivity contribution in [3.8, 4) is 0 Å². The van der Waals surface area contributed by atoms with Crippen LogP contribution in [0.3, 0.4) is 0 Å². The first-order chi connectivity index (χ1) is 5.24. The predicted octanol–water partition coefficient (Wildman–Crippen LogP) is 0.978. The predicted molar refractivity (Wildman–Crippen MR) is 39.7 cm³/mol. The number of esters is 1. The maximum Gasteiger partial charge on any atom is 0.336 e. The highest BCUT2D eigenvalue weighted by atomic mass is 16.6. The van der Waals surface area contributed by atoms with E-state index in [2.05, 4.69) is 11.7 Å². The monoisotopic (exact) mass is 156 g/mol. The topological polar surface area (TPSA) is 46.5 Å². The summed E-state index contributed by atoms with van der Waals surface area (Å²) in [4.78, 5) is 10.8. The smallest absolute Gasteiger partial charge is 0.336 e. The molecule has 0 fully saturated rings. The fourth-order valence-electron chi connectivity index (χ4n) is 1.01. The summed E-state index contributed by atoms with van der Waals surface area (Å²) >= 11 is 0. The van der Waals surface area contributed by atoms with Gasteiger partial charge in [-0.2, -0.15) is 0 Å². The molecule has 0 aromatic carbocycles. The van der Waals surface area contributed by atoms with Gasteiger partial charge in [0.1, 0.15) is 0 Å². The summed E-state index contributed by atoms with van der Waals surface area (Å²) in [6, 6.07) is 0. The van der Waals surface area contributed by atoms with Gasteiger partial charge in [0.05, 0.1) is 0 Å². The van der Waals surface area contributed by atoms with Crippen LogP contribution in [0.15, 0.2) is 11.6 Å². The summed E-state index contributed by atoms with van der Waals surface area (Å²) in [5, 5.41) is 8.85. The number of cyclic esters (lactones) is 1. The minimum absolute atomic E-state index is 0.369. The van der Waals surface area contributed by atoms with E-state index < -0.39 is 6.29 Å². The van der Waals surface area contributed by atoms with E-state index in [0.29, 0.717) is 12.0 Å². The van der Waals surface area contributed by atoms with Crippen LogP contribution in [0, 0.1) is 0 Å². The number of carbonyl (C=O) groups excluding carboxylic acids is 1. The van der Waals surface area contributed by atoms with Crippen molar-refractivity contribution in [2.45, 2.75) is 32.5 Å². The van der Waals surface area contributed by atoms with Crippen LogP contribution in [0.25, 0.3) is 0 Å². The summed E-state index contributed by atoms with van der Waals surface area (Å²) in [5.74, 6) is -0.369. The van der Waals surface area contributed by atoms with Crippen molar-refractivity contribution in [2.75, 3.05) is 0 Å². The van der Waals surface area contributed by atoms with E-state index in [-0.39, 0.29) is 5.97 Å². The Morgan fingerprint density at radius 1 is 1.73 bits per heavy atom. The van der Waals surface area contributed by atoms with E-state index in [1.807, 2.05) is 0 Å². The van der Waals surface area contributed by atoms with Crippen LogP contribution in [-0.4, -0.2) is 17.4 Å². The van der Waals surface area contributed by atoms with E-state index in [0.717, 1.165) is 12.8 Å². The molecule has 1 aliphatic rings. The van der Waals surface area contributed by atoms with Gasteiger partial charge in [-0.1, -0.05) is 13.3 Å². The molecule has 0 aromatic heterocycles. The Balaban J connectivity index is 2.43. The average molecular weight is 156 g/mol. The number of hydrogen-bond acceptors (Lipinski definition) is 3. The molecule has 0 bridgehead atoms. The van der Waals surface area contributed by atoms with E-state index in [9.17, 15) is 4.79 Å². The highest BCUT2D eigenvalue weighted by Gasteiger charge is 2.22. The Hall–Kier alpha value is -0.830. The van der Waals surface area contributed by atoms with E-state index in [4.69, 9.17) is 5.11 Å². The van der Waals surface area contributed by atoms with Crippen LogP contribution in [0.4, 0.5) is 0 Å². The molecular weight excluding hydrogens is 144 g/mol. The van der Waals surface area contributed by atoms with Gasteiger partial charge in [-0.05, 0) is 18.9 Å². The second-order valence-corrected chi connectivity index (χ2v) is 2.59. The van der Waals surface area contributed by atoms with Crippen LogP contribution in [-0.2, 0) is 9.53 Å². The van der Waals surface area contributed by atoms with E-state index in [1.165, 1.54) is 6.08 Å². The second-order valence-electron chi connectivity index (χ2n) is 2.59. The van der Waals surface area contributed by atoms with Crippen LogP contribution in [0.2, 0.25) is 0 Å². The number of aliphatic hydroxyl groups is 1. The van der Waals surface area contributed by atoms with Crippen molar-refractivity contribution in [3.63, 3.8) is 0 Å². The van der Waals surface area contributed by atoms with Crippen molar-refractivity contribution < 1.29 is 14.6 Å². The molecule has 0 amide bonds. The average Bonchev–Trinajstić information content (AvgIpc) is 2.26. The molecule has 0 radical (unpaired) electrons. The summed E-state index contributed by atoms with van der Waals surface area (Å²) in [6.07, 6.45) is 3.19. The van der Waals surface area contributed by atoms with Crippen molar-refractivity contribution in [1.82, 2.24) is 0 Å². The highest BCUT2D eigenvalue weighted by molar-refractivity contribution is 5.90. The van der Waals surface area contributed by atoms with Gasteiger partial charge in [0.2, 0.25) is 6.29 Å². The lowest BCUT2D eigenvalue weighted by Gasteiger charge is -1.97. The Morgan fingerprint density at radius 2 is 2.45 bits per heavy atom. The first kappa shape index (κ1) is 8.27. The maximum atomic E-state index is 10.8. The minimum Gasteiger partial charge on any atom is -0.429 e. The molecular formula is C8H12O3. The zero-order valence-corrected chi connectivity index (χ0v) is 6.54. The van der Waals surface area contributed by atoms with E-state index >= 15 is 0 Å². The molecule has 0 aromatic rings. The van der Waals surface area contributed by atoms with Gasteiger partial charge >= 0.3 is 5.97 Å². The van der Waals surface area contributed by atoms with Gasteiger partial charge in [-0.3, -0.25) is 0 Å². The van der Waals surface area contributed by atoms with Gasteiger partial charge in [0.25, 0.3) is 0 Å². The number of unbranched alkanes of at least 4 members (excludes halogenated alkanes) is 1. The molecule has 1 rings (SSSR count). The van der Waals surface area contributed by atoms with Crippen LogP contribution < -0.4 is 0 Å². The molecule has 3 heteroatoms. The quantitative estimate of drug-likeness (QED) is 0.619. The van der Waals surface area contributed by atoms with Crippen molar-refractivity contribution in [1.29, 1.82) is 0 Å². The summed E-state index contributed by atoms with van der Waals surface area (Å²) in [6.45, 7) is 2.05. The molecule has 1 N–H and O–H groups in total. The van der Waals surface area contributed by atoms with Gasteiger partial charge in [0.15, 0.2) is 0 Å². The standard InChI is InChI=1S/C8H12O3/c1-2-3-4-6-5-7(9)11-8(6)10/h5,7,9H,2-4H2,1H3. The molecule has 0 spiro atoms. The fraction of sp³-hybridized carbons (Fsp3) is 0.625. The Morgan fingerprint density at radius 3 is 2.91 bits per heavy atom. The van der Waals surface area contributed by atoms with Gasteiger partial charge in [0, 0.05) is 5.57 Å². The molecule has 0 saturated heterocycles. The van der Waals surface area contributed by atoms with Crippen LogP contribution in [0.1, 0.15) is 26.2 Å². The summed E-state index contributed by atoms with van der Waals surface area (Å²) < 4.78 is 4.49. The first-order valence-corrected chi connectivity index (χ1v) is 3.83. The maximum absolute atomic E-state index is 10.8. The molecule has 3 nitrogen and oxygen atoms in total. The first-order valence-electron chi connectivity index (χ1n) is 3.83. The van der Waals surface area contributed by atoms with Crippen molar-refractivity contribution >= 4 is 5.97 Å². The summed E-state index contributed by atoms with van der Waals surface area (Å²) in [5.41, 5.74) is 0.611. The number of hydrogen-bond donors (Lipinski definition) is 1. The molecule has 62 valence electrons. The number of carbonyl (C=O) groups is 1. The minimum atomic E-state index is -1.01. The third kappa shape index (κ3) is 2.05. The number of ether oxygens (including phenoxy) is 1. The second kappa shape index (κ2) is 3.53. The number of rotatable bonds is 3. The molecule has 11 heavy (non-hydrogen) atoms.